The number of nitrogens with zero attached hydrogens (tertiary/aromatic N) is 1. The molecule has 0 amide bonds. The molecule has 1 N–H and O–H groups in total. The predicted molar refractivity (Wildman–Crippen MR) is 103 cm³/mol. The Morgan fingerprint density at radius 3 is 2.81 bits per heavy atom. The molecule has 0 saturated carbocycles. The second-order valence-electron chi connectivity index (χ2n) is 7.16. The van der Waals surface area contributed by atoms with Crippen LogP contribution >= 0.6 is 11.6 Å². The summed E-state index contributed by atoms with van der Waals surface area (Å²) in [6, 6.07) is 1.86. The van der Waals surface area contributed by atoms with Crippen molar-refractivity contribution < 1.29 is 9.47 Å². The van der Waals surface area contributed by atoms with E-state index in [9.17, 15) is 4.79 Å². The molecule has 4 aliphatic rings. The van der Waals surface area contributed by atoms with Gasteiger partial charge in [-0.25, -0.2) is 0 Å². The molecule has 140 valence electrons. The van der Waals surface area contributed by atoms with E-state index in [0.717, 1.165) is 49.2 Å². The Balaban J connectivity index is 1.59. The standard InChI is InChI=1S/C20H25ClN2O3/c1-25-20-16(26-11-5-10-23-8-2-3-9-23)12-15-17(19(20)24)18(21)13-6-4-7-14(13)22-15/h12,22H,2-11H2,1H3. The number of fused-ring (bicyclic) bond motifs is 2. The van der Waals surface area contributed by atoms with Crippen LogP contribution in [-0.2, 0) is 12.8 Å². The Hall–Kier alpha value is -1.72. The largest absolute Gasteiger partial charge is 0.490 e. The van der Waals surface area contributed by atoms with E-state index in [4.69, 9.17) is 21.1 Å². The third kappa shape index (κ3) is 3.19. The molecule has 0 aromatic rings. The Bertz CT molecular complexity index is 827. The zero-order chi connectivity index (χ0) is 18.1. The van der Waals surface area contributed by atoms with E-state index in [0.29, 0.717) is 22.9 Å². The fourth-order valence-electron chi connectivity index (χ4n) is 4.15. The predicted octanol–water partition coefficient (Wildman–Crippen LogP) is 3.50. The number of aromatic nitrogens is 1. The first-order valence-corrected chi connectivity index (χ1v) is 9.86. The van der Waals surface area contributed by atoms with Gasteiger partial charge in [-0.05, 0) is 57.2 Å². The van der Waals surface area contributed by atoms with Crippen molar-refractivity contribution in [1.82, 2.24) is 9.88 Å². The van der Waals surface area contributed by atoms with Gasteiger partial charge in [0.1, 0.15) is 0 Å². The Morgan fingerprint density at radius 2 is 2.04 bits per heavy atom. The molecule has 0 unspecified atom stereocenters. The highest BCUT2D eigenvalue weighted by molar-refractivity contribution is 6.34. The van der Waals surface area contributed by atoms with Crippen molar-refractivity contribution in [3.05, 3.63) is 32.6 Å². The molecule has 2 aliphatic carbocycles. The van der Waals surface area contributed by atoms with Gasteiger partial charge in [0.15, 0.2) is 5.75 Å². The molecule has 26 heavy (non-hydrogen) atoms. The number of halogens is 1. The number of hydrogen-bond donors (Lipinski definition) is 1. The molecule has 4 rings (SSSR count). The molecular weight excluding hydrogens is 352 g/mol. The Morgan fingerprint density at radius 1 is 1.23 bits per heavy atom. The minimum absolute atomic E-state index is 0.199. The van der Waals surface area contributed by atoms with E-state index in [1.165, 1.54) is 33.0 Å². The number of H-pyrrole nitrogens is 1. The lowest BCUT2D eigenvalue weighted by Gasteiger charge is -2.18. The fraction of sp³-hybridized carbons (Fsp3) is 0.550. The lowest BCUT2D eigenvalue weighted by molar-refractivity contribution is 0.253. The van der Waals surface area contributed by atoms with Crippen LogP contribution in [0.4, 0.5) is 0 Å². The molecule has 0 radical (unpaired) electrons. The van der Waals surface area contributed by atoms with Gasteiger partial charge in [-0.3, -0.25) is 4.79 Å². The normalized spacial score (nSPS) is 17.0. The minimum Gasteiger partial charge on any atom is -0.490 e. The van der Waals surface area contributed by atoms with Gasteiger partial charge in [-0.15, -0.1) is 0 Å². The lowest BCUT2D eigenvalue weighted by atomic mass is 10.0. The second-order valence-corrected chi connectivity index (χ2v) is 7.54. The summed E-state index contributed by atoms with van der Waals surface area (Å²) in [7, 11) is 1.50. The van der Waals surface area contributed by atoms with E-state index in [1.54, 1.807) is 0 Å². The highest BCUT2D eigenvalue weighted by Gasteiger charge is 2.26. The van der Waals surface area contributed by atoms with Gasteiger partial charge in [0.2, 0.25) is 11.2 Å². The molecule has 0 aromatic heterocycles. The van der Waals surface area contributed by atoms with Crippen LogP contribution in [0.2, 0.25) is 5.02 Å². The smallest absolute Gasteiger partial charge is 0.235 e. The SMILES string of the molecule is COc1c(OCCCN2CCCC2)cc2[nH]c3c(c(Cl)c-2c1=O)CCC3. The van der Waals surface area contributed by atoms with Crippen molar-refractivity contribution in [2.24, 2.45) is 0 Å². The zero-order valence-corrected chi connectivity index (χ0v) is 16.0. The number of rotatable bonds is 6. The Kier molecular flexibility index (Phi) is 5.09. The molecule has 6 heteroatoms. The monoisotopic (exact) mass is 376 g/mol. The minimum atomic E-state index is -0.199. The summed E-state index contributed by atoms with van der Waals surface area (Å²) in [6.45, 7) is 3.97. The molecule has 0 bridgehead atoms. The van der Waals surface area contributed by atoms with Crippen molar-refractivity contribution in [2.75, 3.05) is 33.4 Å². The summed E-state index contributed by atoms with van der Waals surface area (Å²) in [6.07, 6.45) is 6.46. The number of aryl methyl sites for hydroxylation is 1. The third-order valence-corrected chi connectivity index (χ3v) is 5.89. The van der Waals surface area contributed by atoms with Crippen molar-refractivity contribution in [3.8, 4) is 22.8 Å². The highest BCUT2D eigenvalue weighted by atomic mass is 35.5. The van der Waals surface area contributed by atoms with Crippen LogP contribution in [0, 0.1) is 0 Å². The number of benzene rings is 1. The fourth-order valence-corrected chi connectivity index (χ4v) is 4.54. The molecular formula is C20H25ClN2O3. The van der Waals surface area contributed by atoms with Crippen molar-refractivity contribution in [1.29, 1.82) is 0 Å². The summed E-state index contributed by atoms with van der Waals surface area (Å²) in [5, 5.41) is 0.565. The maximum Gasteiger partial charge on any atom is 0.235 e. The molecule has 2 heterocycles. The van der Waals surface area contributed by atoms with Crippen molar-refractivity contribution >= 4 is 11.6 Å². The summed E-state index contributed by atoms with van der Waals surface area (Å²) in [5.41, 5.74) is 3.24. The quantitative estimate of drug-likeness (QED) is 0.784. The van der Waals surface area contributed by atoms with Crippen LogP contribution in [0.25, 0.3) is 11.3 Å². The van der Waals surface area contributed by atoms with E-state index >= 15 is 0 Å². The van der Waals surface area contributed by atoms with E-state index in [1.807, 2.05) is 6.07 Å². The van der Waals surface area contributed by atoms with Gasteiger partial charge < -0.3 is 19.4 Å². The average molecular weight is 377 g/mol. The zero-order valence-electron chi connectivity index (χ0n) is 15.2. The van der Waals surface area contributed by atoms with Crippen molar-refractivity contribution in [3.63, 3.8) is 0 Å². The van der Waals surface area contributed by atoms with Crippen LogP contribution < -0.4 is 14.9 Å². The van der Waals surface area contributed by atoms with E-state index in [-0.39, 0.29) is 11.2 Å². The third-order valence-electron chi connectivity index (χ3n) is 5.47. The van der Waals surface area contributed by atoms with Gasteiger partial charge >= 0.3 is 0 Å². The number of aromatic amines is 1. The van der Waals surface area contributed by atoms with Crippen LogP contribution in [0.5, 0.6) is 11.5 Å². The second kappa shape index (κ2) is 7.49. The number of methoxy groups -OCH3 is 1. The van der Waals surface area contributed by atoms with Gasteiger partial charge in [0.25, 0.3) is 0 Å². The van der Waals surface area contributed by atoms with Crippen molar-refractivity contribution in [2.45, 2.75) is 38.5 Å². The summed E-state index contributed by atoms with van der Waals surface area (Å²) in [4.78, 5) is 18.8. The van der Waals surface area contributed by atoms with E-state index < -0.39 is 0 Å². The van der Waals surface area contributed by atoms with Crippen LogP contribution in [0.15, 0.2) is 10.9 Å². The number of pyridine rings is 1. The molecule has 2 aliphatic heterocycles. The summed E-state index contributed by atoms with van der Waals surface area (Å²) in [5.74, 6) is 0.739. The number of likely N-dealkylation sites (tertiary alicyclic amines) is 1. The molecule has 0 aromatic carbocycles. The molecule has 1 fully saturated rings. The number of ether oxygens (including phenoxy) is 2. The van der Waals surface area contributed by atoms with Gasteiger partial charge in [0.05, 0.1) is 30.0 Å². The molecule has 0 atom stereocenters. The maximum absolute atomic E-state index is 12.9. The molecule has 5 nitrogen and oxygen atoms in total. The average Bonchev–Trinajstić information content (AvgIpc) is 3.30. The van der Waals surface area contributed by atoms with E-state index in [2.05, 4.69) is 9.88 Å². The van der Waals surface area contributed by atoms with Crippen LogP contribution in [-0.4, -0.2) is 43.2 Å². The number of nitrogens with one attached hydrogen (secondary N) is 1. The first-order valence-electron chi connectivity index (χ1n) is 9.48. The highest BCUT2D eigenvalue weighted by Crippen LogP contribution is 2.39. The lowest BCUT2D eigenvalue weighted by Crippen LogP contribution is -2.22. The first kappa shape index (κ1) is 17.7. The summed E-state index contributed by atoms with van der Waals surface area (Å²) >= 11 is 6.55. The Labute approximate surface area is 158 Å². The maximum atomic E-state index is 12.9. The number of hydrogen-bond acceptors (Lipinski definition) is 4. The van der Waals surface area contributed by atoms with Crippen LogP contribution in [0.1, 0.15) is 36.9 Å². The first-order chi connectivity index (χ1) is 12.7. The van der Waals surface area contributed by atoms with Crippen LogP contribution in [0.3, 0.4) is 0 Å². The van der Waals surface area contributed by atoms with Gasteiger partial charge in [0, 0.05) is 18.3 Å². The molecule has 1 saturated heterocycles. The van der Waals surface area contributed by atoms with Gasteiger partial charge in [-0.2, -0.15) is 0 Å². The molecule has 0 spiro atoms. The summed E-state index contributed by atoms with van der Waals surface area (Å²) < 4.78 is 11.3. The topological polar surface area (TPSA) is 54.6 Å². The van der Waals surface area contributed by atoms with Gasteiger partial charge in [-0.1, -0.05) is 11.6 Å².